The van der Waals surface area contributed by atoms with Gasteiger partial charge in [-0.15, -0.1) is 0 Å². The zero-order chi connectivity index (χ0) is 28.4. The molecule has 1 saturated heterocycles. The molecule has 0 aliphatic carbocycles. The zero-order valence-electron chi connectivity index (χ0n) is 24.4. The Bertz CT molecular complexity index is 1470. The molecule has 1 aliphatic heterocycles. The first-order chi connectivity index (χ1) is 19.1. The summed E-state index contributed by atoms with van der Waals surface area (Å²) >= 11 is 0. The monoisotopic (exact) mass is 532 g/mol. The second-order valence-corrected chi connectivity index (χ2v) is 12.2. The van der Waals surface area contributed by atoms with Gasteiger partial charge in [-0.25, -0.2) is 4.98 Å². The van der Waals surface area contributed by atoms with E-state index in [1.54, 1.807) is 0 Å². The van der Waals surface area contributed by atoms with Crippen molar-refractivity contribution in [1.29, 1.82) is 0 Å². The molecule has 5 rings (SSSR count). The van der Waals surface area contributed by atoms with Crippen LogP contribution in [0.5, 0.6) is 0 Å². The first kappa shape index (κ1) is 27.6. The average Bonchev–Trinajstić information content (AvgIpc) is 3.31. The van der Waals surface area contributed by atoms with Crippen LogP contribution < -0.4 is 4.90 Å². The van der Waals surface area contributed by atoms with Gasteiger partial charge in [0, 0.05) is 11.3 Å². The number of benzene rings is 3. The van der Waals surface area contributed by atoms with Crippen LogP contribution >= 0.6 is 0 Å². The van der Waals surface area contributed by atoms with Gasteiger partial charge in [0.05, 0.1) is 17.7 Å². The summed E-state index contributed by atoms with van der Waals surface area (Å²) in [6.07, 6.45) is 3.59. The summed E-state index contributed by atoms with van der Waals surface area (Å²) in [5, 5.41) is 0. The molecule has 1 amide bonds. The lowest BCUT2D eigenvalue weighted by molar-refractivity contribution is -0.129. The molecule has 2 heterocycles. The topological polar surface area (TPSA) is 46.3 Å². The maximum absolute atomic E-state index is 13.3. The van der Waals surface area contributed by atoms with Gasteiger partial charge in [-0.3, -0.25) is 4.79 Å². The fourth-order valence-corrected chi connectivity index (χ4v) is 5.64. The Kier molecular flexibility index (Phi) is 7.80. The third-order valence-corrected chi connectivity index (χ3v) is 8.00. The van der Waals surface area contributed by atoms with Crippen molar-refractivity contribution < 1.29 is 9.21 Å². The standard InChI is InChI=1S/C36H40N2O2/c1-24(2)33-31(35(39)38(33)30-21-19-29(20-22-30)36(4,5)6)23-27-17-15-26(16-18-27)11-10-14-32-25(3)40-34(37-32)28-12-8-7-9-13-28/h7-9,12-13,15-22,31,33H,1,10-11,14,23H2,2-6H3. The van der Waals surface area contributed by atoms with E-state index in [1.807, 2.05) is 49.1 Å². The van der Waals surface area contributed by atoms with Gasteiger partial charge in [-0.2, -0.15) is 0 Å². The number of amides is 1. The molecule has 0 saturated carbocycles. The molecule has 40 heavy (non-hydrogen) atoms. The van der Waals surface area contributed by atoms with Crippen molar-refractivity contribution in [2.45, 2.75) is 71.8 Å². The third-order valence-electron chi connectivity index (χ3n) is 8.00. The average molecular weight is 533 g/mol. The summed E-state index contributed by atoms with van der Waals surface area (Å²) in [7, 11) is 0. The molecule has 1 aromatic heterocycles. The molecule has 3 aromatic carbocycles. The number of hydrogen-bond donors (Lipinski definition) is 0. The van der Waals surface area contributed by atoms with Crippen LogP contribution in [0.3, 0.4) is 0 Å². The van der Waals surface area contributed by atoms with Crippen LogP contribution in [-0.4, -0.2) is 16.9 Å². The lowest BCUT2D eigenvalue weighted by atomic mass is 9.78. The first-order valence-corrected chi connectivity index (χ1v) is 14.3. The van der Waals surface area contributed by atoms with E-state index in [-0.39, 0.29) is 23.3 Å². The highest BCUT2D eigenvalue weighted by atomic mass is 16.4. The second kappa shape index (κ2) is 11.3. The Morgan fingerprint density at radius 1 is 0.925 bits per heavy atom. The maximum Gasteiger partial charge on any atom is 0.233 e. The smallest absolute Gasteiger partial charge is 0.233 e. The number of rotatable bonds is 9. The van der Waals surface area contributed by atoms with E-state index < -0.39 is 0 Å². The van der Waals surface area contributed by atoms with Crippen LogP contribution in [-0.2, 0) is 29.5 Å². The van der Waals surface area contributed by atoms with E-state index in [0.29, 0.717) is 5.89 Å². The van der Waals surface area contributed by atoms with Crippen LogP contribution in [0.25, 0.3) is 11.5 Å². The van der Waals surface area contributed by atoms with Gasteiger partial charge in [0.2, 0.25) is 11.8 Å². The summed E-state index contributed by atoms with van der Waals surface area (Å²) < 4.78 is 5.91. The molecular formula is C36H40N2O2. The third kappa shape index (κ3) is 5.82. The minimum Gasteiger partial charge on any atom is -0.441 e. The quantitative estimate of drug-likeness (QED) is 0.161. The normalized spacial score (nSPS) is 17.1. The highest BCUT2D eigenvalue weighted by Crippen LogP contribution is 2.39. The van der Waals surface area contributed by atoms with Crippen molar-refractivity contribution in [1.82, 2.24) is 4.98 Å². The number of hydrogen-bond acceptors (Lipinski definition) is 3. The van der Waals surface area contributed by atoms with Gasteiger partial charge >= 0.3 is 0 Å². The van der Waals surface area contributed by atoms with Crippen molar-refractivity contribution in [3.05, 3.63) is 119 Å². The fourth-order valence-electron chi connectivity index (χ4n) is 5.64. The fraction of sp³-hybridized carbons (Fsp3) is 0.333. The zero-order valence-corrected chi connectivity index (χ0v) is 24.4. The van der Waals surface area contributed by atoms with Crippen LogP contribution in [0.1, 0.15) is 62.3 Å². The van der Waals surface area contributed by atoms with Gasteiger partial charge in [-0.1, -0.05) is 87.5 Å². The SMILES string of the molecule is C=C(C)C1C(Cc2ccc(CCCc3nc(-c4ccccc4)oc3C)cc2)C(=O)N1c1ccc(C(C)(C)C)cc1. The van der Waals surface area contributed by atoms with Crippen LogP contribution in [0, 0.1) is 12.8 Å². The van der Waals surface area contributed by atoms with Crippen LogP contribution in [0.4, 0.5) is 5.69 Å². The van der Waals surface area contributed by atoms with Crippen molar-refractivity contribution in [3.8, 4) is 11.5 Å². The predicted molar refractivity (Wildman–Crippen MR) is 164 cm³/mol. The molecule has 1 fully saturated rings. The molecule has 1 aliphatic rings. The highest BCUT2D eigenvalue weighted by molar-refractivity contribution is 6.04. The summed E-state index contributed by atoms with van der Waals surface area (Å²) in [5.74, 6) is 1.69. The van der Waals surface area contributed by atoms with Gasteiger partial charge < -0.3 is 9.32 Å². The molecule has 0 spiro atoms. The molecule has 2 atom stereocenters. The van der Waals surface area contributed by atoms with E-state index in [9.17, 15) is 4.79 Å². The molecular weight excluding hydrogens is 492 g/mol. The highest BCUT2D eigenvalue weighted by Gasteiger charge is 2.48. The molecule has 206 valence electrons. The minimum atomic E-state index is -0.0698. The van der Waals surface area contributed by atoms with E-state index in [2.05, 4.69) is 75.9 Å². The Morgan fingerprint density at radius 3 is 2.20 bits per heavy atom. The van der Waals surface area contributed by atoms with Crippen LogP contribution in [0.2, 0.25) is 0 Å². The number of β-lactam (4-membered cyclic amide) rings is 1. The number of carbonyl (C=O) groups excluding carboxylic acids is 1. The number of carbonyl (C=O) groups is 1. The molecule has 0 radical (unpaired) electrons. The van der Waals surface area contributed by atoms with Crippen LogP contribution in [0.15, 0.2) is 95.4 Å². The lowest BCUT2D eigenvalue weighted by Crippen LogP contribution is -2.62. The van der Waals surface area contributed by atoms with Gasteiger partial charge in [0.15, 0.2) is 0 Å². The molecule has 4 heteroatoms. The Hall–Kier alpha value is -3.92. The lowest BCUT2D eigenvalue weighted by Gasteiger charge is -2.48. The van der Waals surface area contributed by atoms with Gasteiger partial charge in [0.1, 0.15) is 5.76 Å². The molecule has 0 N–H and O–H groups in total. The summed E-state index contributed by atoms with van der Waals surface area (Å²) in [6.45, 7) is 14.9. The first-order valence-electron chi connectivity index (χ1n) is 14.3. The molecule has 0 bridgehead atoms. The summed E-state index contributed by atoms with van der Waals surface area (Å²) in [4.78, 5) is 20.0. The Balaban J connectivity index is 1.17. The molecule has 2 unspecified atom stereocenters. The van der Waals surface area contributed by atoms with Crippen molar-refractivity contribution in [3.63, 3.8) is 0 Å². The number of anilines is 1. The summed E-state index contributed by atoms with van der Waals surface area (Å²) in [6, 6.07) is 27.2. The number of oxazole rings is 1. The van der Waals surface area contributed by atoms with E-state index >= 15 is 0 Å². The number of aryl methyl sites for hydroxylation is 3. The number of nitrogens with zero attached hydrogens (tertiary/aromatic N) is 2. The molecule has 4 aromatic rings. The van der Waals surface area contributed by atoms with E-state index in [4.69, 9.17) is 9.40 Å². The molecule has 4 nitrogen and oxygen atoms in total. The van der Waals surface area contributed by atoms with E-state index in [1.165, 1.54) is 16.7 Å². The predicted octanol–water partition coefficient (Wildman–Crippen LogP) is 8.27. The van der Waals surface area contributed by atoms with Gasteiger partial charge in [-0.05, 0) is 85.9 Å². The maximum atomic E-state index is 13.3. The van der Waals surface area contributed by atoms with Gasteiger partial charge in [0.25, 0.3) is 0 Å². The van der Waals surface area contributed by atoms with E-state index in [0.717, 1.165) is 54.0 Å². The minimum absolute atomic E-state index is 0.0270. The van der Waals surface area contributed by atoms with Crippen molar-refractivity contribution in [2.24, 2.45) is 5.92 Å². The number of aromatic nitrogens is 1. The second-order valence-electron chi connectivity index (χ2n) is 12.2. The van der Waals surface area contributed by atoms with Crippen molar-refractivity contribution in [2.75, 3.05) is 4.90 Å². The van der Waals surface area contributed by atoms with Crippen molar-refractivity contribution >= 4 is 11.6 Å². The Morgan fingerprint density at radius 2 is 1.57 bits per heavy atom. The summed E-state index contributed by atoms with van der Waals surface area (Å²) in [5.41, 5.74) is 7.86. The Labute approximate surface area is 238 Å². The largest absolute Gasteiger partial charge is 0.441 e.